The zero-order valence-electron chi connectivity index (χ0n) is 21.1. The van der Waals surface area contributed by atoms with E-state index in [-0.39, 0.29) is 11.7 Å². The number of pyridine rings is 1. The fourth-order valence-electron chi connectivity index (χ4n) is 4.37. The molecule has 0 saturated heterocycles. The van der Waals surface area contributed by atoms with E-state index in [1.165, 1.54) is 12.1 Å². The number of nitrogens with one attached hydrogen (secondary N) is 3. The number of H-pyrrole nitrogens is 2. The van der Waals surface area contributed by atoms with E-state index in [1.807, 2.05) is 63.2 Å². The van der Waals surface area contributed by atoms with Crippen LogP contribution in [0.1, 0.15) is 20.8 Å². The number of benzene rings is 3. The van der Waals surface area contributed by atoms with Crippen LogP contribution in [0.5, 0.6) is 0 Å². The van der Waals surface area contributed by atoms with E-state index >= 15 is 0 Å². The normalized spacial score (nSPS) is 11.8. The minimum absolute atomic E-state index is 0.0751. The number of nitrogens with zero attached hydrogens (tertiary/aromatic N) is 3. The zero-order chi connectivity index (χ0) is 26.4. The maximum Gasteiger partial charge on any atom is 0.229 e. The Bertz CT molecular complexity index is 1810. The van der Waals surface area contributed by atoms with Gasteiger partial charge in [-0.1, -0.05) is 51.1 Å². The molecule has 0 aliphatic heterocycles. The van der Waals surface area contributed by atoms with Gasteiger partial charge in [-0.2, -0.15) is 5.10 Å². The number of hydrogen-bond acceptors (Lipinski definition) is 4. The van der Waals surface area contributed by atoms with Crippen LogP contribution in [0.4, 0.5) is 10.1 Å². The predicted octanol–water partition coefficient (Wildman–Crippen LogP) is 6.96. The highest BCUT2D eigenvalue weighted by Gasteiger charge is 2.21. The highest BCUT2D eigenvalue weighted by molar-refractivity contribution is 5.99. The molecule has 0 aliphatic carbocycles. The lowest BCUT2D eigenvalue weighted by Gasteiger charge is -2.17. The summed E-state index contributed by atoms with van der Waals surface area (Å²) in [6, 6.07) is 20.2. The Morgan fingerprint density at radius 1 is 0.895 bits per heavy atom. The van der Waals surface area contributed by atoms with E-state index in [1.54, 1.807) is 24.5 Å². The van der Waals surface area contributed by atoms with Crippen molar-refractivity contribution >= 4 is 33.5 Å². The fourth-order valence-corrected chi connectivity index (χ4v) is 4.37. The number of imidazole rings is 1. The van der Waals surface area contributed by atoms with Crippen molar-refractivity contribution in [1.82, 2.24) is 25.1 Å². The van der Waals surface area contributed by atoms with Crippen LogP contribution in [0.15, 0.2) is 79.1 Å². The van der Waals surface area contributed by atoms with Crippen molar-refractivity contribution in [2.75, 3.05) is 5.32 Å². The number of amides is 1. The van der Waals surface area contributed by atoms with E-state index in [4.69, 9.17) is 4.98 Å². The number of aromatic nitrogens is 5. The molecule has 0 atom stereocenters. The summed E-state index contributed by atoms with van der Waals surface area (Å²) in [7, 11) is 0. The highest BCUT2D eigenvalue weighted by atomic mass is 19.1. The van der Waals surface area contributed by atoms with Crippen LogP contribution < -0.4 is 5.32 Å². The first kappa shape index (κ1) is 23.5. The Balaban J connectivity index is 1.39. The molecule has 0 fully saturated rings. The molecule has 3 N–H and O–H groups in total. The SMILES string of the molecule is CC(C)(C)C(=O)Nc1cncc(-c2ccc3[nH]nc(-c4nc5c(-c6ccc(F)cc6)cccc5[nH]4)c3c2)c1. The molecule has 7 nitrogen and oxygen atoms in total. The van der Waals surface area contributed by atoms with Gasteiger partial charge in [0.2, 0.25) is 5.91 Å². The van der Waals surface area contributed by atoms with E-state index in [9.17, 15) is 9.18 Å². The summed E-state index contributed by atoms with van der Waals surface area (Å²) in [6.07, 6.45) is 3.41. The molecule has 1 amide bonds. The van der Waals surface area contributed by atoms with Crippen molar-refractivity contribution in [2.24, 2.45) is 5.41 Å². The molecule has 0 unspecified atom stereocenters. The van der Waals surface area contributed by atoms with Gasteiger partial charge in [-0.15, -0.1) is 0 Å². The second-order valence-electron chi connectivity index (χ2n) is 10.3. The zero-order valence-corrected chi connectivity index (χ0v) is 21.1. The molecule has 8 heteroatoms. The predicted molar refractivity (Wildman–Crippen MR) is 148 cm³/mol. The Morgan fingerprint density at radius 3 is 2.47 bits per heavy atom. The highest BCUT2D eigenvalue weighted by Crippen LogP contribution is 2.33. The summed E-state index contributed by atoms with van der Waals surface area (Å²) >= 11 is 0. The lowest BCUT2D eigenvalue weighted by molar-refractivity contribution is -0.123. The van der Waals surface area contributed by atoms with Crippen molar-refractivity contribution in [1.29, 1.82) is 0 Å². The number of para-hydroxylation sites is 1. The molecule has 0 spiro atoms. The number of halogens is 1. The average molecular weight is 505 g/mol. The van der Waals surface area contributed by atoms with E-state index in [2.05, 4.69) is 25.5 Å². The van der Waals surface area contributed by atoms with Gasteiger partial charge < -0.3 is 10.3 Å². The van der Waals surface area contributed by atoms with E-state index in [0.29, 0.717) is 17.2 Å². The summed E-state index contributed by atoms with van der Waals surface area (Å²) in [6.45, 7) is 5.61. The number of carbonyl (C=O) groups excluding carboxylic acids is 1. The average Bonchev–Trinajstić information content (AvgIpc) is 3.52. The molecule has 6 aromatic rings. The van der Waals surface area contributed by atoms with Crippen molar-refractivity contribution in [3.63, 3.8) is 0 Å². The van der Waals surface area contributed by atoms with Crippen LogP contribution in [-0.2, 0) is 4.79 Å². The summed E-state index contributed by atoms with van der Waals surface area (Å²) in [5, 5.41) is 11.5. The first-order valence-electron chi connectivity index (χ1n) is 12.3. The molecule has 0 radical (unpaired) electrons. The lowest BCUT2D eigenvalue weighted by Crippen LogP contribution is -2.27. The van der Waals surface area contributed by atoms with Crippen molar-refractivity contribution in [3.05, 3.63) is 84.9 Å². The molecule has 188 valence electrons. The van der Waals surface area contributed by atoms with Crippen LogP contribution in [0.2, 0.25) is 0 Å². The molecular weight excluding hydrogens is 479 g/mol. The van der Waals surface area contributed by atoms with Gasteiger partial charge in [0.15, 0.2) is 5.82 Å². The second kappa shape index (κ2) is 8.92. The molecule has 0 aliphatic rings. The Kier molecular flexibility index (Phi) is 5.52. The molecule has 0 saturated carbocycles. The van der Waals surface area contributed by atoms with Crippen LogP contribution in [0.3, 0.4) is 0 Å². The molecule has 3 aromatic heterocycles. The summed E-state index contributed by atoms with van der Waals surface area (Å²) in [4.78, 5) is 25.1. The second-order valence-corrected chi connectivity index (χ2v) is 10.3. The molecule has 3 aromatic carbocycles. The van der Waals surface area contributed by atoms with Crippen molar-refractivity contribution < 1.29 is 9.18 Å². The summed E-state index contributed by atoms with van der Waals surface area (Å²) < 4.78 is 13.5. The van der Waals surface area contributed by atoms with Crippen LogP contribution in [0.25, 0.3) is 55.7 Å². The van der Waals surface area contributed by atoms with Gasteiger partial charge in [0.1, 0.15) is 11.5 Å². The third-order valence-corrected chi connectivity index (χ3v) is 6.47. The Hall–Kier alpha value is -4.85. The quantitative estimate of drug-likeness (QED) is 0.242. The van der Waals surface area contributed by atoms with E-state index in [0.717, 1.165) is 44.2 Å². The van der Waals surface area contributed by atoms with Gasteiger partial charge in [0.05, 0.1) is 28.4 Å². The molecule has 38 heavy (non-hydrogen) atoms. The number of hydrogen-bond donors (Lipinski definition) is 3. The van der Waals surface area contributed by atoms with Gasteiger partial charge in [-0.05, 0) is 47.5 Å². The third-order valence-electron chi connectivity index (χ3n) is 6.47. The van der Waals surface area contributed by atoms with Gasteiger partial charge >= 0.3 is 0 Å². The fraction of sp³-hybridized carbons (Fsp3) is 0.133. The number of carbonyl (C=O) groups is 1. The Labute approximate surface area is 218 Å². The smallest absolute Gasteiger partial charge is 0.229 e. The Morgan fingerprint density at radius 2 is 1.68 bits per heavy atom. The van der Waals surface area contributed by atoms with Crippen LogP contribution in [-0.4, -0.2) is 31.1 Å². The minimum Gasteiger partial charge on any atom is -0.337 e. The van der Waals surface area contributed by atoms with Crippen molar-refractivity contribution in [3.8, 4) is 33.8 Å². The maximum absolute atomic E-state index is 13.5. The molecule has 6 rings (SSSR count). The molecular formula is C30H25FN6O. The lowest BCUT2D eigenvalue weighted by atomic mass is 9.95. The van der Waals surface area contributed by atoms with Crippen LogP contribution in [0, 0.1) is 11.2 Å². The molecule has 0 bridgehead atoms. The maximum atomic E-state index is 13.5. The summed E-state index contributed by atoms with van der Waals surface area (Å²) in [5.41, 5.74) is 6.93. The van der Waals surface area contributed by atoms with Crippen molar-refractivity contribution in [2.45, 2.75) is 20.8 Å². The number of anilines is 1. The van der Waals surface area contributed by atoms with E-state index < -0.39 is 5.41 Å². The van der Waals surface area contributed by atoms with Crippen LogP contribution >= 0.6 is 0 Å². The first-order valence-corrected chi connectivity index (χ1v) is 12.3. The first-order chi connectivity index (χ1) is 18.3. The van der Waals surface area contributed by atoms with Gasteiger partial charge in [-0.25, -0.2) is 9.37 Å². The monoisotopic (exact) mass is 504 g/mol. The number of fused-ring (bicyclic) bond motifs is 2. The van der Waals surface area contributed by atoms with Gasteiger partial charge in [0, 0.05) is 28.1 Å². The summed E-state index contributed by atoms with van der Waals surface area (Å²) in [5.74, 6) is 0.274. The third kappa shape index (κ3) is 4.30. The number of rotatable bonds is 4. The van der Waals surface area contributed by atoms with Gasteiger partial charge in [-0.3, -0.25) is 14.9 Å². The standard InChI is InChI=1S/C30H25FN6O/c1-30(2,3)29(38)33-21-13-19(15-32-16-21)18-9-12-24-23(14-18)27(37-36-24)28-34-25-6-4-5-22(26(25)35-28)17-7-10-20(31)11-8-17/h4-16H,1-3H3,(H,33,38)(H,34,35)(H,36,37). The minimum atomic E-state index is -0.510. The largest absolute Gasteiger partial charge is 0.337 e. The topological polar surface area (TPSA) is 99.3 Å². The number of aromatic amines is 2. The molecule has 3 heterocycles. The van der Waals surface area contributed by atoms with Gasteiger partial charge in [0.25, 0.3) is 0 Å².